The Bertz CT molecular complexity index is 653. The van der Waals surface area contributed by atoms with Crippen molar-refractivity contribution in [3.63, 3.8) is 0 Å². The molecule has 0 aromatic carbocycles. The van der Waals surface area contributed by atoms with E-state index >= 15 is 0 Å². The molecule has 2 aromatic rings. The Morgan fingerprint density at radius 3 is 2.95 bits per heavy atom. The second-order valence-corrected chi connectivity index (χ2v) is 5.08. The molecular weight excluding hydrogens is 240 g/mol. The Morgan fingerprint density at radius 1 is 1.47 bits per heavy atom. The van der Waals surface area contributed by atoms with Crippen LogP contribution >= 0.6 is 0 Å². The quantitative estimate of drug-likeness (QED) is 0.619. The largest absolute Gasteiger partial charge is 0.383 e. The van der Waals surface area contributed by atoms with Crippen LogP contribution in [0.2, 0.25) is 0 Å². The molecule has 0 N–H and O–H groups in total. The zero-order chi connectivity index (χ0) is 13.4. The van der Waals surface area contributed by atoms with Crippen molar-refractivity contribution in [2.75, 3.05) is 14.1 Å². The molecule has 0 bridgehead atoms. The molecule has 0 unspecified atom stereocenters. The van der Waals surface area contributed by atoms with Gasteiger partial charge in [0.25, 0.3) is 0 Å². The lowest BCUT2D eigenvalue weighted by atomic mass is 10.1. The topological polar surface area (TPSA) is 50.5 Å². The Morgan fingerprint density at radius 2 is 2.26 bits per heavy atom. The van der Waals surface area contributed by atoms with Crippen molar-refractivity contribution in [3.05, 3.63) is 41.9 Å². The lowest BCUT2D eigenvalue weighted by Crippen LogP contribution is -2.04. The molecule has 2 heterocycles. The number of aromatic nitrogens is 3. The van der Waals surface area contributed by atoms with Gasteiger partial charge in [0.2, 0.25) is 0 Å². The molecule has 0 saturated heterocycles. The maximum Gasteiger partial charge on any atom is 0.191 e. The molecule has 0 aliphatic heterocycles. The van der Waals surface area contributed by atoms with E-state index in [0.29, 0.717) is 11.5 Å². The van der Waals surface area contributed by atoms with E-state index in [1.807, 2.05) is 31.1 Å². The first kappa shape index (κ1) is 11.9. The number of allylic oxidation sites excluding steroid dienone is 1. The van der Waals surface area contributed by atoms with Gasteiger partial charge in [-0.1, -0.05) is 0 Å². The highest BCUT2D eigenvalue weighted by atomic mass is 16.1. The third-order valence-corrected chi connectivity index (χ3v) is 3.18. The van der Waals surface area contributed by atoms with Crippen LogP contribution in [0.4, 0.5) is 0 Å². The van der Waals surface area contributed by atoms with Crippen molar-refractivity contribution in [3.8, 4) is 0 Å². The number of hydrogen-bond donors (Lipinski definition) is 0. The monoisotopic (exact) mass is 256 g/mol. The first-order chi connectivity index (χ1) is 9.16. The number of fused-ring (bicyclic) bond motifs is 1. The first-order valence-electron chi connectivity index (χ1n) is 6.39. The van der Waals surface area contributed by atoms with Gasteiger partial charge in [-0.25, -0.2) is 0 Å². The molecule has 1 fully saturated rings. The van der Waals surface area contributed by atoms with E-state index in [1.54, 1.807) is 23.1 Å². The summed E-state index contributed by atoms with van der Waals surface area (Å²) in [5, 5.41) is 8.63. The summed E-state index contributed by atoms with van der Waals surface area (Å²) in [5.41, 5.74) is 2.39. The smallest absolute Gasteiger partial charge is 0.191 e. The number of rotatable bonds is 4. The summed E-state index contributed by atoms with van der Waals surface area (Å²) in [6.07, 6.45) is 7.26. The Kier molecular flexibility index (Phi) is 2.81. The van der Waals surface area contributed by atoms with E-state index in [-0.39, 0.29) is 5.78 Å². The number of ketones is 1. The number of carbonyl (C=O) groups excluding carboxylic acids is 1. The molecule has 19 heavy (non-hydrogen) atoms. The van der Waals surface area contributed by atoms with Gasteiger partial charge in [0, 0.05) is 38.5 Å². The molecule has 1 aliphatic carbocycles. The zero-order valence-electron chi connectivity index (χ0n) is 11.1. The lowest BCUT2D eigenvalue weighted by molar-refractivity contribution is 0.104. The van der Waals surface area contributed by atoms with Gasteiger partial charge in [-0.2, -0.15) is 14.8 Å². The van der Waals surface area contributed by atoms with Crippen molar-refractivity contribution in [2.45, 2.75) is 18.8 Å². The summed E-state index contributed by atoms with van der Waals surface area (Å²) in [6.45, 7) is 0. The molecule has 1 saturated carbocycles. The Balaban J connectivity index is 2.09. The minimum atomic E-state index is -0.00130. The van der Waals surface area contributed by atoms with Gasteiger partial charge in [-0.05, 0) is 25.0 Å². The fourth-order valence-electron chi connectivity index (χ4n) is 2.11. The molecule has 5 nitrogen and oxygen atoms in total. The standard InChI is InChI=1S/C14H16N4O/c1-17(2)9-7-12(19)13-11-4-3-8-15-18(11)16-14(13)10-5-6-10/h3-4,7-10H,5-6H2,1-2H3. The Labute approximate surface area is 111 Å². The van der Waals surface area contributed by atoms with Crippen LogP contribution in [-0.2, 0) is 0 Å². The predicted octanol–water partition coefficient (Wildman–Crippen LogP) is 1.86. The third-order valence-electron chi connectivity index (χ3n) is 3.18. The molecule has 0 atom stereocenters. The summed E-state index contributed by atoms with van der Waals surface area (Å²) >= 11 is 0. The molecule has 3 rings (SSSR count). The summed E-state index contributed by atoms with van der Waals surface area (Å²) in [5.74, 6) is 0.423. The maximum atomic E-state index is 12.4. The highest BCUT2D eigenvalue weighted by molar-refractivity contribution is 6.10. The van der Waals surface area contributed by atoms with Crippen LogP contribution < -0.4 is 0 Å². The first-order valence-corrected chi connectivity index (χ1v) is 6.39. The highest BCUT2D eigenvalue weighted by Gasteiger charge is 2.32. The van der Waals surface area contributed by atoms with Crippen molar-refractivity contribution in [1.82, 2.24) is 19.7 Å². The van der Waals surface area contributed by atoms with E-state index < -0.39 is 0 Å². The lowest BCUT2D eigenvalue weighted by Gasteiger charge is -2.03. The summed E-state index contributed by atoms with van der Waals surface area (Å²) in [6, 6.07) is 3.72. The van der Waals surface area contributed by atoms with Crippen LogP contribution in [0.1, 0.15) is 34.8 Å². The van der Waals surface area contributed by atoms with Crippen LogP contribution in [0.5, 0.6) is 0 Å². The van der Waals surface area contributed by atoms with E-state index in [9.17, 15) is 4.79 Å². The fraction of sp³-hybridized carbons (Fsp3) is 0.357. The maximum absolute atomic E-state index is 12.4. The van der Waals surface area contributed by atoms with Gasteiger partial charge in [0.05, 0.1) is 16.8 Å². The molecule has 5 heteroatoms. The van der Waals surface area contributed by atoms with Crippen LogP contribution in [0.3, 0.4) is 0 Å². The molecule has 2 aromatic heterocycles. The van der Waals surface area contributed by atoms with Crippen LogP contribution in [-0.4, -0.2) is 39.6 Å². The van der Waals surface area contributed by atoms with Crippen molar-refractivity contribution >= 4 is 11.3 Å². The average molecular weight is 256 g/mol. The van der Waals surface area contributed by atoms with Gasteiger partial charge in [-0.3, -0.25) is 4.79 Å². The normalized spacial score (nSPS) is 15.3. The van der Waals surface area contributed by atoms with Gasteiger partial charge >= 0.3 is 0 Å². The van der Waals surface area contributed by atoms with Gasteiger partial charge in [0.1, 0.15) is 0 Å². The van der Waals surface area contributed by atoms with E-state index in [4.69, 9.17) is 0 Å². The van der Waals surface area contributed by atoms with Gasteiger partial charge < -0.3 is 4.90 Å². The Hall–Kier alpha value is -2.17. The SMILES string of the molecule is CN(C)C=CC(=O)c1c(C2CC2)nn2ncccc12. The van der Waals surface area contributed by atoms with E-state index in [2.05, 4.69) is 10.2 Å². The number of nitrogens with zero attached hydrogens (tertiary/aromatic N) is 4. The van der Waals surface area contributed by atoms with E-state index in [1.165, 1.54) is 0 Å². The molecule has 0 radical (unpaired) electrons. The minimum absolute atomic E-state index is 0.00130. The summed E-state index contributed by atoms with van der Waals surface area (Å²) in [7, 11) is 3.78. The average Bonchev–Trinajstić information content (AvgIpc) is 3.16. The summed E-state index contributed by atoms with van der Waals surface area (Å²) in [4.78, 5) is 14.2. The molecular formula is C14H16N4O. The van der Waals surface area contributed by atoms with Crippen molar-refractivity contribution in [2.24, 2.45) is 0 Å². The number of hydrogen-bond acceptors (Lipinski definition) is 4. The predicted molar refractivity (Wildman–Crippen MR) is 72.1 cm³/mol. The fourth-order valence-corrected chi connectivity index (χ4v) is 2.11. The zero-order valence-corrected chi connectivity index (χ0v) is 11.1. The van der Waals surface area contributed by atoms with Crippen LogP contribution in [0.25, 0.3) is 5.52 Å². The molecule has 98 valence electrons. The third kappa shape index (κ3) is 2.23. The van der Waals surface area contributed by atoms with Crippen molar-refractivity contribution < 1.29 is 4.79 Å². The molecule has 1 aliphatic rings. The van der Waals surface area contributed by atoms with Crippen LogP contribution in [0.15, 0.2) is 30.6 Å². The summed E-state index contributed by atoms with van der Waals surface area (Å²) < 4.78 is 1.56. The van der Waals surface area contributed by atoms with Crippen molar-refractivity contribution in [1.29, 1.82) is 0 Å². The molecule has 0 spiro atoms. The second kappa shape index (κ2) is 4.50. The minimum Gasteiger partial charge on any atom is -0.383 e. The van der Waals surface area contributed by atoms with Crippen LogP contribution in [0, 0.1) is 0 Å². The van der Waals surface area contributed by atoms with Gasteiger partial charge in [-0.15, -0.1) is 0 Å². The molecule has 0 amide bonds. The number of carbonyl (C=O) groups is 1. The highest BCUT2D eigenvalue weighted by Crippen LogP contribution is 2.41. The van der Waals surface area contributed by atoms with E-state index in [0.717, 1.165) is 24.1 Å². The second-order valence-electron chi connectivity index (χ2n) is 5.08. The van der Waals surface area contributed by atoms with Gasteiger partial charge in [0.15, 0.2) is 5.78 Å².